The summed E-state index contributed by atoms with van der Waals surface area (Å²) >= 11 is 24.7. The number of amides is 2. The fraction of sp³-hybridized carbons (Fsp3) is 0.333. The van der Waals surface area contributed by atoms with Crippen LogP contribution in [0, 0.1) is 6.92 Å². The van der Waals surface area contributed by atoms with E-state index < -0.39 is 28.5 Å². The summed E-state index contributed by atoms with van der Waals surface area (Å²) in [6, 6.07) is 14.7. The third-order valence-corrected chi connectivity index (χ3v) is 9.90. The van der Waals surface area contributed by atoms with Gasteiger partial charge in [0.2, 0.25) is 11.8 Å². The first-order chi connectivity index (χ1) is 19.9. The van der Waals surface area contributed by atoms with Gasteiger partial charge in [-0.2, -0.15) is 0 Å². The standard InChI is InChI=1S/C30H33Cl4N3O4S/c1-4-6-15-35-30(39)28(5-2)36(18-21-9-13-24(31)26(33)16-21)29(38)19-37(22-10-14-25(32)27(34)17-22)42(40,41)23-11-7-20(3)8-12-23/h7-14,16-17,28H,4-6,15,18-19H2,1-3H3,(H,35,39)/t28-/m1/s1. The molecule has 1 N–H and O–H groups in total. The van der Waals surface area contributed by atoms with Crippen LogP contribution in [0.25, 0.3) is 0 Å². The van der Waals surface area contributed by atoms with Crippen LogP contribution in [0.3, 0.4) is 0 Å². The van der Waals surface area contributed by atoms with Gasteiger partial charge < -0.3 is 10.2 Å². The van der Waals surface area contributed by atoms with E-state index in [2.05, 4.69) is 5.32 Å². The van der Waals surface area contributed by atoms with Gasteiger partial charge in [0.15, 0.2) is 0 Å². The number of nitrogens with one attached hydrogen (secondary N) is 1. The number of aryl methyl sites for hydroxylation is 1. The second kappa shape index (κ2) is 15.3. The highest BCUT2D eigenvalue weighted by molar-refractivity contribution is 7.92. The molecule has 0 saturated heterocycles. The smallest absolute Gasteiger partial charge is 0.264 e. The molecule has 226 valence electrons. The third-order valence-electron chi connectivity index (χ3n) is 6.63. The summed E-state index contributed by atoms with van der Waals surface area (Å²) in [5.74, 6) is -0.929. The third kappa shape index (κ3) is 8.54. The summed E-state index contributed by atoms with van der Waals surface area (Å²) in [5, 5.41) is 3.89. The number of rotatable bonds is 13. The van der Waals surface area contributed by atoms with Crippen LogP contribution in [-0.2, 0) is 26.2 Å². The van der Waals surface area contributed by atoms with Crippen LogP contribution < -0.4 is 9.62 Å². The highest BCUT2D eigenvalue weighted by Crippen LogP contribution is 2.31. The van der Waals surface area contributed by atoms with Crippen molar-refractivity contribution in [2.75, 3.05) is 17.4 Å². The molecule has 0 aliphatic rings. The molecule has 3 rings (SSSR count). The number of unbranched alkanes of at least 4 members (excludes halogenated alkanes) is 1. The second-order valence-electron chi connectivity index (χ2n) is 9.76. The number of hydrogen-bond donors (Lipinski definition) is 1. The van der Waals surface area contributed by atoms with Crippen molar-refractivity contribution in [2.24, 2.45) is 0 Å². The van der Waals surface area contributed by atoms with Crippen LogP contribution in [0.5, 0.6) is 0 Å². The van der Waals surface area contributed by atoms with Gasteiger partial charge in [0.05, 0.1) is 30.7 Å². The first kappa shape index (κ1) is 34.0. The Bertz CT molecular complexity index is 1520. The zero-order valence-corrected chi connectivity index (χ0v) is 27.4. The molecule has 3 aromatic carbocycles. The van der Waals surface area contributed by atoms with Crippen molar-refractivity contribution in [3.8, 4) is 0 Å². The van der Waals surface area contributed by atoms with Crippen molar-refractivity contribution in [3.05, 3.63) is 91.9 Å². The molecule has 0 unspecified atom stereocenters. The molecule has 0 aromatic heterocycles. The van der Waals surface area contributed by atoms with Crippen LogP contribution in [0.1, 0.15) is 44.2 Å². The lowest BCUT2D eigenvalue weighted by Gasteiger charge is -2.33. The number of carbonyl (C=O) groups excluding carboxylic acids is 2. The normalized spacial score (nSPS) is 12.1. The molecule has 2 amide bonds. The van der Waals surface area contributed by atoms with Crippen molar-refractivity contribution in [3.63, 3.8) is 0 Å². The lowest BCUT2D eigenvalue weighted by Crippen LogP contribution is -2.52. The van der Waals surface area contributed by atoms with Gasteiger partial charge in [-0.1, -0.05) is 90.4 Å². The van der Waals surface area contributed by atoms with Gasteiger partial charge in [-0.05, 0) is 67.8 Å². The van der Waals surface area contributed by atoms with Crippen LogP contribution in [0.4, 0.5) is 5.69 Å². The molecule has 7 nitrogen and oxygen atoms in total. The Labute approximate surface area is 267 Å². The highest BCUT2D eigenvalue weighted by atomic mass is 35.5. The number of anilines is 1. The van der Waals surface area contributed by atoms with Crippen molar-refractivity contribution < 1.29 is 18.0 Å². The Morgan fingerprint density at radius 2 is 1.48 bits per heavy atom. The predicted octanol–water partition coefficient (Wildman–Crippen LogP) is 7.53. The summed E-state index contributed by atoms with van der Waals surface area (Å²) in [7, 11) is -4.24. The maximum absolute atomic E-state index is 14.1. The van der Waals surface area contributed by atoms with E-state index in [1.165, 1.54) is 35.2 Å². The molecule has 0 aliphatic heterocycles. The van der Waals surface area contributed by atoms with Crippen LogP contribution in [0.15, 0.2) is 65.6 Å². The Hall–Kier alpha value is -2.49. The van der Waals surface area contributed by atoms with Gasteiger partial charge in [-0.25, -0.2) is 8.42 Å². The molecular weight excluding hydrogens is 640 g/mol. The van der Waals surface area contributed by atoms with E-state index >= 15 is 0 Å². The van der Waals surface area contributed by atoms with Gasteiger partial charge in [0.25, 0.3) is 10.0 Å². The monoisotopic (exact) mass is 671 g/mol. The van der Waals surface area contributed by atoms with Crippen molar-refractivity contribution in [2.45, 2.75) is 57.5 Å². The second-order valence-corrected chi connectivity index (χ2v) is 13.3. The first-order valence-corrected chi connectivity index (χ1v) is 16.4. The molecule has 0 fully saturated rings. The number of hydrogen-bond acceptors (Lipinski definition) is 4. The van der Waals surface area contributed by atoms with E-state index in [0.29, 0.717) is 28.6 Å². The van der Waals surface area contributed by atoms with Gasteiger partial charge >= 0.3 is 0 Å². The van der Waals surface area contributed by atoms with E-state index in [1.807, 2.05) is 13.8 Å². The van der Waals surface area contributed by atoms with E-state index in [1.54, 1.807) is 37.3 Å². The molecular formula is C30H33Cl4N3O4S. The lowest BCUT2D eigenvalue weighted by molar-refractivity contribution is -0.140. The molecule has 0 bridgehead atoms. The summed E-state index contributed by atoms with van der Waals surface area (Å²) in [6.07, 6.45) is 1.96. The minimum absolute atomic E-state index is 0.00474. The van der Waals surface area contributed by atoms with Crippen molar-refractivity contribution >= 4 is 73.9 Å². The number of carbonyl (C=O) groups is 2. The van der Waals surface area contributed by atoms with Crippen LogP contribution in [0.2, 0.25) is 20.1 Å². The Morgan fingerprint density at radius 1 is 0.857 bits per heavy atom. The van der Waals surface area contributed by atoms with Gasteiger partial charge in [-0.15, -0.1) is 0 Å². The molecule has 3 aromatic rings. The maximum atomic E-state index is 14.1. The van der Waals surface area contributed by atoms with Crippen molar-refractivity contribution in [1.29, 1.82) is 0 Å². The SMILES string of the molecule is CCCCNC(=O)[C@@H](CC)N(Cc1ccc(Cl)c(Cl)c1)C(=O)CN(c1ccc(Cl)c(Cl)c1)S(=O)(=O)c1ccc(C)cc1. The van der Waals surface area contributed by atoms with E-state index in [-0.39, 0.29) is 33.1 Å². The van der Waals surface area contributed by atoms with E-state index in [0.717, 1.165) is 22.7 Å². The molecule has 0 spiro atoms. The van der Waals surface area contributed by atoms with Gasteiger partial charge in [0, 0.05) is 13.1 Å². The largest absolute Gasteiger partial charge is 0.354 e. The first-order valence-electron chi connectivity index (χ1n) is 13.4. The molecule has 42 heavy (non-hydrogen) atoms. The molecule has 0 radical (unpaired) electrons. The van der Waals surface area contributed by atoms with E-state index in [4.69, 9.17) is 46.4 Å². The Morgan fingerprint density at radius 3 is 2.05 bits per heavy atom. The maximum Gasteiger partial charge on any atom is 0.264 e. The molecule has 0 saturated carbocycles. The molecule has 12 heteroatoms. The zero-order chi connectivity index (χ0) is 31.0. The Balaban J connectivity index is 2.07. The molecule has 0 aliphatic carbocycles. The highest BCUT2D eigenvalue weighted by Gasteiger charge is 2.34. The van der Waals surface area contributed by atoms with Gasteiger partial charge in [0.1, 0.15) is 12.6 Å². The average molecular weight is 673 g/mol. The van der Waals surface area contributed by atoms with Crippen LogP contribution in [-0.4, -0.2) is 44.3 Å². The number of sulfonamides is 1. The van der Waals surface area contributed by atoms with Crippen molar-refractivity contribution in [1.82, 2.24) is 10.2 Å². The lowest BCUT2D eigenvalue weighted by atomic mass is 10.1. The predicted molar refractivity (Wildman–Crippen MR) is 171 cm³/mol. The Kier molecular flexibility index (Phi) is 12.4. The summed E-state index contributed by atoms with van der Waals surface area (Å²) in [6.45, 7) is 5.49. The minimum Gasteiger partial charge on any atom is -0.354 e. The molecule has 1 atom stereocenters. The van der Waals surface area contributed by atoms with E-state index in [9.17, 15) is 18.0 Å². The zero-order valence-electron chi connectivity index (χ0n) is 23.5. The summed E-state index contributed by atoms with van der Waals surface area (Å²) in [4.78, 5) is 28.8. The number of benzene rings is 3. The average Bonchev–Trinajstić information content (AvgIpc) is 2.95. The quantitative estimate of drug-likeness (QED) is 0.190. The fourth-order valence-electron chi connectivity index (χ4n) is 4.27. The number of halogens is 4. The topological polar surface area (TPSA) is 86.8 Å². The summed E-state index contributed by atoms with van der Waals surface area (Å²) in [5.41, 5.74) is 1.65. The molecule has 0 heterocycles. The van der Waals surface area contributed by atoms with Gasteiger partial charge in [-0.3, -0.25) is 13.9 Å². The minimum atomic E-state index is -4.24. The fourth-order valence-corrected chi connectivity index (χ4v) is 6.29. The summed E-state index contributed by atoms with van der Waals surface area (Å²) < 4.78 is 28.9. The number of nitrogens with zero attached hydrogens (tertiary/aromatic N) is 2. The van der Waals surface area contributed by atoms with Crippen LogP contribution >= 0.6 is 46.4 Å².